The van der Waals surface area contributed by atoms with Gasteiger partial charge in [0.25, 0.3) is 0 Å². The van der Waals surface area contributed by atoms with E-state index < -0.39 is 0 Å². The summed E-state index contributed by atoms with van der Waals surface area (Å²) < 4.78 is 7.92. The van der Waals surface area contributed by atoms with Gasteiger partial charge < -0.3 is 19.9 Å². The van der Waals surface area contributed by atoms with Gasteiger partial charge in [-0.05, 0) is 43.5 Å². The Morgan fingerprint density at radius 3 is 2.72 bits per heavy atom. The predicted octanol–water partition coefficient (Wildman–Crippen LogP) is 3.38. The number of benzene rings is 1. The van der Waals surface area contributed by atoms with Crippen LogP contribution in [0, 0.1) is 6.92 Å². The fourth-order valence-electron chi connectivity index (χ4n) is 2.50. The lowest BCUT2D eigenvalue weighted by molar-refractivity contribution is 0.313. The number of aryl methyl sites for hydroxylation is 2. The topological polar surface area (TPSA) is 50.6 Å². The molecule has 1 aromatic carbocycles. The summed E-state index contributed by atoms with van der Waals surface area (Å²) in [6.45, 7) is 9.17. The van der Waals surface area contributed by atoms with Gasteiger partial charge in [-0.25, -0.2) is 4.99 Å². The second-order valence-corrected chi connectivity index (χ2v) is 6.19. The van der Waals surface area contributed by atoms with Crippen molar-refractivity contribution in [2.75, 3.05) is 13.2 Å². The van der Waals surface area contributed by atoms with Gasteiger partial charge in [-0.1, -0.05) is 19.1 Å². The minimum atomic E-state index is 0.656. The molecule has 0 aliphatic carbocycles. The summed E-state index contributed by atoms with van der Waals surface area (Å²) in [7, 11) is 2.02. The molecule has 25 heavy (non-hydrogen) atoms. The highest BCUT2D eigenvalue weighted by atomic mass is 16.5. The van der Waals surface area contributed by atoms with Crippen LogP contribution in [0.2, 0.25) is 0 Å². The van der Waals surface area contributed by atoms with Crippen LogP contribution >= 0.6 is 0 Å². The van der Waals surface area contributed by atoms with Crippen molar-refractivity contribution >= 4 is 5.96 Å². The fourth-order valence-corrected chi connectivity index (χ4v) is 2.50. The van der Waals surface area contributed by atoms with Gasteiger partial charge >= 0.3 is 0 Å². The van der Waals surface area contributed by atoms with Crippen LogP contribution in [0.15, 0.2) is 41.7 Å². The zero-order valence-corrected chi connectivity index (χ0v) is 15.8. The molecule has 0 radical (unpaired) electrons. The molecule has 5 nitrogen and oxygen atoms in total. The smallest absolute Gasteiger partial charge is 0.191 e. The Morgan fingerprint density at radius 1 is 1.20 bits per heavy atom. The molecule has 0 aliphatic heterocycles. The van der Waals surface area contributed by atoms with E-state index in [1.54, 1.807) is 0 Å². The van der Waals surface area contributed by atoms with E-state index in [-0.39, 0.29) is 0 Å². The summed E-state index contributed by atoms with van der Waals surface area (Å²) >= 11 is 0. The third kappa shape index (κ3) is 6.18. The molecule has 0 spiro atoms. The zero-order chi connectivity index (χ0) is 18.1. The molecule has 0 bridgehead atoms. The number of aromatic nitrogens is 1. The van der Waals surface area contributed by atoms with Crippen molar-refractivity contribution in [3.8, 4) is 5.75 Å². The summed E-state index contributed by atoms with van der Waals surface area (Å²) in [6, 6.07) is 8.42. The highest BCUT2D eigenvalue weighted by Gasteiger charge is 2.06. The summed E-state index contributed by atoms with van der Waals surface area (Å²) in [5, 5.41) is 6.70. The standard InChI is InChI=1S/C20H30N4O/c1-5-11-25-19-12-16(3)7-8-18(19)14-23-20(21-6-2)22-13-17-9-10-24(4)15-17/h7-10,12,15H,5-6,11,13-14H2,1-4H3,(H2,21,22,23). The summed E-state index contributed by atoms with van der Waals surface area (Å²) in [4.78, 5) is 4.66. The Bertz CT molecular complexity index is 691. The lowest BCUT2D eigenvalue weighted by atomic mass is 10.1. The average molecular weight is 342 g/mol. The minimum Gasteiger partial charge on any atom is -0.493 e. The van der Waals surface area contributed by atoms with Crippen LogP contribution in [0.4, 0.5) is 0 Å². The third-order valence-corrected chi connectivity index (χ3v) is 3.79. The van der Waals surface area contributed by atoms with Crippen LogP contribution in [0.25, 0.3) is 0 Å². The van der Waals surface area contributed by atoms with Crippen LogP contribution in [0.1, 0.15) is 37.0 Å². The second kappa shape index (κ2) is 9.77. The van der Waals surface area contributed by atoms with Gasteiger partial charge in [0.05, 0.1) is 13.2 Å². The number of ether oxygens (including phenoxy) is 1. The molecule has 0 atom stereocenters. The van der Waals surface area contributed by atoms with E-state index in [1.165, 1.54) is 11.1 Å². The largest absolute Gasteiger partial charge is 0.493 e. The number of rotatable bonds is 8. The first-order valence-electron chi connectivity index (χ1n) is 8.97. The van der Waals surface area contributed by atoms with Crippen LogP contribution in [0.3, 0.4) is 0 Å². The molecule has 2 aromatic rings. The number of nitrogens with one attached hydrogen (secondary N) is 2. The molecule has 0 amide bonds. The molecule has 2 rings (SSSR count). The van der Waals surface area contributed by atoms with Gasteiger partial charge in [-0.15, -0.1) is 0 Å². The van der Waals surface area contributed by atoms with Gasteiger partial charge in [-0.2, -0.15) is 0 Å². The van der Waals surface area contributed by atoms with Crippen LogP contribution in [-0.4, -0.2) is 23.7 Å². The lowest BCUT2D eigenvalue weighted by Crippen LogP contribution is -2.36. The quantitative estimate of drug-likeness (QED) is 0.571. The molecular formula is C20H30N4O. The normalized spacial score (nSPS) is 11.4. The van der Waals surface area contributed by atoms with Crippen LogP contribution < -0.4 is 15.4 Å². The maximum Gasteiger partial charge on any atom is 0.191 e. The van der Waals surface area contributed by atoms with Crippen LogP contribution in [-0.2, 0) is 20.1 Å². The first kappa shape index (κ1) is 18.9. The van der Waals surface area contributed by atoms with Gasteiger partial charge in [0.15, 0.2) is 5.96 Å². The number of hydrogen-bond acceptors (Lipinski definition) is 2. The van der Waals surface area contributed by atoms with Gasteiger partial charge in [-0.3, -0.25) is 0 Å². The van der Waals surface area contributed by atoms with Crippen LogP contribution in [0.5, 0.6) is 5.75 Å². The minimum absolute atomic E-state index is 0.656. The number of nitrogens with zero attached hydrogens (tertiary/aromatic N) is 2. The first-order chi connectivity index (χ1) is 12.1. The molecule has 0 saturated carbocycles. The maximum atomic E-state index is 5.89. The molecule has 0 unspecified atom stereocenters. The molecule has 1 aromatic heterocycles. The van der Waals surface area contributed by atoms with Gasteiger partial charge in [0.1, 0.15) is 5.75 Å². The molecule has 2 N–H and O–H groups in total. The molecule has 5 heteroatoms. The molecule has 0 saturated heterocycles. The lowest BCUT2D eigenvalue weighted by Gasteiger charge is -2.15. The molecule has 1 heterocycles. The van der Waals surface area contributed by atoms with Crippen molar-refractivity contribution in [1.82, 2.24) is 15.2 Å². The van der Waals surface area contributed by atoms with E-state index in [0.717, 1.165) is 36.8 Å². The van der Waals surface area contributed by atoms with E-state index in [2.05, 4.69) is 66.9 Å². The Kier molecular flexibility index (Phi) is 7.38. The van der Waals surface area contributed by atoms with Gasteiger partial charge in [0, 0.05) is 38.1 Å². The Morgan fingerprint density at radius 2 is 2.04 bits per heavy atom. The van der Waals surface area contributed by atoms with Crippen molar-refractivity contribution in [2.45, 2.75) is 40.3 Å². The van der Waals surface area contributed by atoms with Gasteiger partial charge in [0.2, 0.25) is 0 Å². The number of aliphatic imine (C=N–C) groups is 1. The summed E-state index contributed by atoms with van der Waals surface area (Å²) in [5.41, 5.74) is 3.55. The van der Waals surface area contributed by atoms with Crippen molar-refractivity contribution in [2.24, 2.45) is 12.0 Å². The molecular weight excluding hydrogens is 312 g/mol. The Balaban J connectivity index is 2.02. The van der Waals surface area contributed by atoms with Crippen molar-refractivity contribution < 1.29 is 4.74 Å². The highest BCUT2D eigenvalue weighted by Crippen LogP contribution is 2.20. The molecule has 0 fully saturated rings. The molecule has 136 valence electrons. The van der Waals surface area contributed by atoms with E-state index in [1.807, 2.05) is 17.8 Å². The first-order valence-corrected chi connectivity index (χ1v) is 8.97. The Hall–Kier alpha value is -2.43. The summed E-state index contributed by atoms with van der Waals surface area (Å²) in [6.07, 6.45) is 5.13. The molecule has 0 aliphatic rings. The highest BCUT2D eigenvalue weighted by molar-refractivity contribution is 5.79. The van der Waals surface area contributed by atoms with Crippen molar-refractivity contribution in [3.63, 3.8) is 0 Å². The SMILES string of the molecule is CCCOc1cc(C)ccc1CNC(=NCc1ccn(C)c1)NCC. The fraction of sp³-hybridized carbons (Fsp3) is 0.450. The van der Waals surface area contributed by atoms with Crippen molar-refractivity contribution in [1.29, 1.82) is 0 Å². The van der Waals surface area contributed by atoms with Crippen molar-refractivity contribution in [3.05, 3.63) is 53.3 Å². The van der Waals surface area contributed by atoms with E-state index in [0.29, 0.717) is 13.1 Å². The second-order valence-electron chi connectivity index (χ2n) is 6.19. The number of hydrogen-bond donors (Lipinski definition) is 2. The predicted molar refractivity (Wildman–Crippen MR) is 104 cm³/mol. The number of guanidine groups is 1. The maximum absolute atomic E-state index is 5.89. The monoisotopic (exact) mass is 342 g/mol. The third-order valence-electron chi connectivity index (χ3n) is 3.79. The van der Waals surface area contributed by atoms with E-state index in [4.69, 9.17) is 4.74 Å². The summed E-state index contributed by atoms with van der Waals surface area (Å²) in [5.74, 6) is 1.77. The average Bonchev–Trinajstić information content (AvgIpc) is 3.02. The van der Waals surface area contributed by atoms with E-state index in [9.17, 15) is 0 Å². The Labute approximate surface area is 151 Å². The zero-order valence-electron chi connectivity index (χ0n) is 15.8. The van der Waals surface area contributed by atoms with E-state index >= 15 is 0 Å².